The van der Waals surface area contributed by atoms with Gasteiger partial charge in [-0.25, -0.2) is 9.36 Å². The molecule has 0 saturated heterocycles. The van der Waals surface area contributed by atoms with Gasteiger partial charge in [-0.15, -0.1) is 0 Å². The first-order valence-corrected chi connectivity index (χ1v) is 9.17. The van der Waals surface area contributed by atoms with E-state index in [0.717, 1.165) is 23.0 Å². The Hall–Kier alpha value is -3.15. The first kappa shape index (κ1) is 18.6. The second-order valence-electron chi connectivity index (χ2n) is 6.50. The molecule has 1 heterocycles. The second kappa shape index (κ2) is 8.49. The van der Waals surface area contributed by atoms with Crippen LogP contribution < -0.4 is 16.6 Å². The molecule has 1 unspecified atom stereocenters. The average Bonchev–Trinajstić information content (AvgIpc) is 2.68. The third-order valence-electron chi connectivity index (χ3n) is 4.55. The second-order valence-corrected chi connectivity index (χ2v) is 6.50. The van der Waals surface area contributed by atoms with E-state index in [0.29, 0.717) is 17.4 Å². The van der Waals surface area contributed by atoms with Gasteiger partial charge < -0.3 is 10.3 Å². The van der Waals surface area contributed by atoms with Crippen molar-refractivity contribution in [2.45, 2.75) is 32.2 Å². The van der Waals surface area contributed by atoms with Crippen molar-refractivity contribution in [3.05, 3.63) is 81.0 Å². The molecule has 6 nitrogen and oxygen atoms in total. The number of hydrogen-bond donors (Lipinski definition) is 2. The van der Waals surface area contributed by atoms with Crippen molar-refractivity contribution in [1.82, 2.24) is 14.9 Å². The van der Waals surface area contributed by atoms with Crippen LogP contribution in [0.25, 0.3) is 10.9 Å². The number of amides is 1. The number of H-pyrrole nitrogens is 1. The van der Waals surface area contributed by atoms with Gasteiger partial charge in [0.05, 0.1) is 10.9 Å². The van der Waals surface area contributed by atoms with Gasteiger partial charge in [0.2, 0.25) is 5.91 Å². The third kappa shape index (κ3) is 4.16. The maximum absolute atomic E-state index is 13.0. The zero-order chi connectivity index (χ0) is 19.2. The smallest absolute Gasteiger partial charge is 0.329 e. The Balaban J connectivity index is 2.07. The number of rotatable bonds is 7. The molecule has 0 aliphatic heterocycles. The topological polar surface area (TPSA) is 84.0 Å². The van der Waals surface area contributed by atoms with E-state index >= 15 is 0 Å². The normalized spacial score (nSPS) is 12.0. The van der Waals surface area contributed by atoms with E-state index in [1.54, 1.807) is 24.3 Å². The summed E-state index contributed by atoms with van der Waals surface area (Å²) in [5, 5.41) is 3.24. The zero-order valence-electron chi connectivity index (χ0n) is 15.3. The van der Waals surface area contributed by atoms with Crippen molar-refractivity contribution < 1.29 is 4.79 Å². The van der Waals surface area contributed by atoms with Crippen molar-refractivity contribution >= 4 is 16.8 Å². The minimum atomic E-state index is -0.912. The number of nitrogens with one attached hydrogen (secondary N) is 2. The first-order chi connectivity index (χ1) is 13.1. The van der Waals surface area contributed by atoms with Crippen molar-refractivity contribution in [2.75, 3.05) is 6.54 Å². The Labute approximate surface area is 156 Å². The summed E-state index contributed by atoms with van der Waals surface area (Å²) in [6, 6.07) is 15.3. The highest BCUT2D eigenvalue weighted by Gasteiger charge is 2.25. The van der Waals surface area contributed by atoms with Crippen LogP contribution in [-0.2, 0) is 11.2 Å². The fourth-order valence-electron chi connectivity index (χ4n) is 3.10. The van der Waals surface area contributed by atoms with E-state index in [-0.39, 0.29) is 12.3 Å². The van der Waals surface area contributed by atoms with E-state index in [4.69, 9.17) is 0 Å². The summed E-state index contributed by atoms with van der Waals surface area (Å²) >= 11 is 0. The van der Waals surface area contributed by atoms with Crippen molar-refractivity contribution in [3.8, 4) is 0 Å². The van der Waals surface area contributed by atoms with Crippen LogP contribution >= 0.6 is 0 Å². The summed E-state index contributed by atoms with van der Waals surface area (Å²) in [7, 11) is 0. The predicted molar refractivity (Wildman–Crippen MR) is 106 cm³/mol. The summed E-state index contributed by atoms with van der Waals surface area (Å²) in [5.41, 5.74) is 0.312. The first-order valence-electron chi connectivity index (χ1n) is 9.17. The van der Waals surface area contributed by atoms with Crippen LogP contribution in [-0.4, -0.2) is 22.0 Å². The van der Waals surface area contributed by atoms with Crippen molar-refractivity contribution in [1.29, 1.82) is 0 Å². The Morgan fingerprint density at radius 1 is 1.07 bits per heavy atom. The maximum Gasteiger partial charge on any atom is 0.329 e. The molecule has 0 fully saturated rings. The molecule has 0 bridgehead atoms. The SMILES string of the molecule is CCCCNC(=O)C(Cc1ccccc1)n1c(=O)[nH]c2ccccc2c1=O. The van der Waals surface area contributed by atoms with Gasteiger partial charge >= 0.3 is 5.69 Å². The molecule has 1 amide bonds. The fraction of sp³-hybridized carbons (Fsp3) is 0.286. The molecule has 1 atom stereocenters. The number of aromatic amines is 1. The van der Waals surface area contributed by atoms with Crippen molar-refractivity contribution in [2.24, 2.45) is 0 Å². The Morgan fingerprint density at radius 2 is 1.78 bits per heavy atom. The predicted octanol–water partition coefficient (Wildman–Crippen LogP) is 2.39. The number of unbranched alkanes of at least 4 members (excludes halogenated alkanes) is 1. The van der Waals surface area contributed by atoms with Crippen LogP contribution in [0.2, 0.25) is 0 Å². The largest absolute Gasteiger partial charge is 0.354 e. The van der Waals surface area contributed by atoms with E-state index in [1.807, 2.05) is 37.3 Å². The Morgan fingerprint density at radius 3 is 2.52 bits per heavy atom. The molecule has 140 valence electrons. The number of nitrogens with zero attached hydrogens (tertiary/aromatic N) is 1. The summed E-state index contributed by atoms with van der Waals surface area (Å²) < 4.78 is 1.04. The number of aromatic nitrogens is 2. The highest BCUT2D eigenvalue weighted by Crippen LogP contribution is 2.13. The third-order valence-corrected chi connectivity index (χ3v) is 4.55. The van der Waals surface area contributed by atoms with Crippen LogP contribution in [0.1, 0.15) is 31.4 Å². The average molecular weight is 365 g/mol. The molecule has 2 N–H and O–H groups in total. The van der Waals surface area contributed by atoms with Crippen LogP contribution in [0.4, 0.5) is 0 Å². The van der Waals surface area contributed by atoms with Crippen LogP contribution in [0.3, 0.4) is 0 Å². The lowest BCUT2D eigenvalue weighted by Gasteiger charge is -2.19. The molecule has 6 heteroatoms. The van der Waals surface area contributed by atoms with Gasteiger partial charge in [0, 0.05) is 13.0 Å². The molecule has 3 aromatic rings. The van der Waals surface area contributed by atoms with Crippen molar-refractivity contribution in [3.63, 3.8) is 0 Å². The Kier molecular flexibility index (Phi) is 5.86. The van der Waals surface area contributed by atoms with Gasteiger partial charge in [0.25, 0.3) is 5.56 Å². The molecule has 1 aromatic heterocycles. The molecule has 0 spiro atoms. The summed E-state index contributed by atoms with van der Waals surface area (Å²) in [6.07, 6.45) is 2.05. The van der Waals surface area contributed by atoms with Gasteiger partial charge in [0.15, 0.2) is 0 Å². The highest BCUT2D eigenvalue weighted by atomic mass is 16.2. The highest BCUT2D eigenvalue weighted by molar-refractivity contribution is 5.82. The number of benzene rings is 2. The summed E-state index contributed by atoms with van der Waals surface area (Å²) in [4.78, 5) is 41.2. The molecule has 0 aliphatic carbocycles. The van der Waals surface area contributed by atoms with E-state index in [2.05, 4.69) is 10.3 Å². The molecule has 2 aromatic carbocycles. The fourth-order valence-corrected chi connectivity index (χ4v) is 3.10. The van der Waals surface area contributed by atoms with E-state index < -0.39 is 17.3 Å². The number of para-hydroxylation sites is 1. The molecule has 0 radical (unpaired) electrons. The Bertz CT molecular complexity index is 1040. The molecule has 3 rings (SSSR count). The lowest BCUT2D eigenvalue weighted by Crippen LogP contribution is -2.45. The number of carbonyl (C=O) groups is 1. The molecule has 27 heavy (non-hydrogen) atoms. The van der Waals surface area contributed by atoms with Gasteiger partial charge in [-0.3, -0.25) is 9.59 Å². The van der Waals surface area contributed by atoms with Crippen LogP contribution in [0.15, 0.2) is 64.2 Å². The number of carbonyl (C=O) groups excluding carboxylic acids is 1. The van der Waals surface area contributed by atoms with Crippen LogP contribution in [0.5, 0.6) is 0 Å². The van der Waals surface area contributed by atoms with Gasteiger partial charge in [-0.2, -0.15) is 0 Å². The molecule has 0 aliphatic rings. The lowest BCUT2D eigenvalue weighted by atomic mass is 10.0. The van der Waals surface area contributed by atoms with Crippen LogP contribution in [0, 0.1) is 0 Å². The number of fused-ring (bicyclic) bond motifs is 1. The minimum Gasteiger partial charge on any atom is -0.354 e. The zero-order valence-corrected chi connectivity index (χ0v) is 15.3. The van der Waals surface area contributed by atoms with Gasteiger partial charge in [-0.1, -0.05) is 55.8 Å². The summed E-state index contributed by atoms with van der Waals surface area (Å²) in [6.45, 7) is 2.55. The lowest BCUT2D eigenvalue weighted by molar-refractivity contribution is -0.124. The quantitative estimate of drug-likeness (QED) is 0.631. The molecule has 0 saturated carbocycles. The van der Waals surface area contributed by atoms with Gasteiger partial charge in [0.1, 0.15) is 6.04 Å². The maximum atomic E-state index is 13.0. The summed E-state index contributed by atoms with van der Waals surface area (Å²) in [5.74, 6) is -0.324. The molecular formula is C21H23N3O3. The number of hydrogen-bond acceptors (Lipinski definition) is 3. The van der Waals surface area contributed by atoms with E-state index in [9.17, 15) is 14.4 Å². The monoisotopic (exact) mass is 365 g/mol. The minimum absolute atomic E-state index is 0.264. The molecular weight excluding hydrogens is 342 g/mol. The van der Waals surface area contributed by atoms with Gasteiger partial charge in [-0.05, 0) is 24.1 Å². The van der Waals surface area contributed by atoms with E-state index in [1.165, 1.54) is 0 Å². The standard InChI is InChI=1S/C21H23N3O3/c1-2-3-13-22-19(25)18(14-15-9-5-4-6-10-15)24-20(26)16-11-7-8-12-17(16)23-21(24)27/h4-12,18H,2-3,13-14H2,1H3,(H,22,25)(H,23,27).